The number of anilines is 1. The third-order valence-electron chi connectivity index (χ3n) is 2.65. The van der Waals surface area contributed by atoms with Crippen LogP contribution in [-0.4, -0.2) is 38.9 Å². The van der Waals surface area contributed by atoms with Crippen molar-refractivity contribution < 1.29 is 19.5 Å². The first-order chi connectivity index (χ1) is 8.97. The lowest BCUT2D eigenvalue weighted by atomic mass is 10.3. The van der Waals surface area contributed by atoms with E-state index in [2.05, 4.69) is 4.98 Å². The van der Waals surface area contributed by atoms with Crippen LogP contribution >= 0.6 is 11.8 Å². The number of carboxylic acids is 1. The number of hydrogen-bond acceptors (Lipinski definition) is 5. The molecular formula is C12H12N2O4S. The van der Waals surface area contributed by atoms with Crippen LogP contribution in [0.15, 0.2) is 18.2 Å². The van der Waals surface area contributed by atoms with Crippen LogP contribution in [0, 0.1) is 0 Å². The van der Waals surface area contributed by atoms with Gasteiger partial charge in [0.05, 0.1) is 0 Å². The van der Waals surface area contributed by atoms with Crippen molar-refractivity contribution in [2.45, 2.75) is 18.6 Å². The van der Waals surface area contributed by atoms with Crippen LogP contribution < -0.4 is 4.90 Å². The minimum Gasteiger partial charge on any atom is -0.477 e. The fourth-order valence-electron chi connectivity index (χ4n) is 1.90. The van der Waals surface area contributed by atoms with E-state index in [0.717, 1.165) is 11.8 Å². The fraction of sp³-hybridized carbons (Fsp3) is 0.333. The molecule has 19 heavy (non-hydrogen) atoms. The maximum atomic E-state index is 11.9. The van der Waals surface area contributed by atoms with Gasteiger partial charge >= 0.3 is 5.97 Å². The summed E-state index contributed by atoms with van der Waals surface area (Å²) in [5, 5.41) is 8.74. The Balaban J connectivity index is 2.18. The zero-order valence-corrected chi connectivity index (χ0v) is 11.0. The predicted octanol–water partition coefficient (Wildman–Crippen LogP) is 1.16. The second-order valence-corrected chi connectivity index (χ2v) is 5.60. The van der Waals surface area contributed by atoms with Crippen LogP contribution in [0.4, 0.5) is 5.82 Å². The minimum absolute atomic E-state index is 0.0353. The van der Waals surface area contributed by atoms with Crippen LogP contribution in [0.3, 0.4) is 0 Å². The summed E-state index contributed by atoms with van der Waals surface area (Å²) < 4.78 is 0. The van der Waals surface area contributed by atoms with Gasteiger partial charge < -0.3 is 5.11 Å². The number of amides is 1. The number of carbonyl (C=O) groups excluding carboxylic acids is 2. The quantitative estimate of drug-likeness (QED) is 0.894. The summed E-state index contributed by atoms with van der Waals surface area (Å²) in [5.41, 5.74) is -0.104. The molecule has 0 bridgehead atoms. The van der Waals surface area contributed by atoms with Gasteiger partial charge in [-0.1, -0.05) is 17.8 Å². The van der Waals surface area contributed by atoms with Gasteiger partial charge in [0.25, 0.3) is 0 Å². The molecular weight excluding hydrogens is 268 g/mol. The van der Waals surface area contributed by atoms with Gasteiger partial charge in [0.15, 0.2) is 10.8 Å². The Labute approximate surface area is 113 Å². The third-order valence-corrected chi connectivity index (χ3v) is 3.63. The number of nitrogens with zero attached hydrogens (tertiary/aromatic N) is 2. The number of carboxylic acid groups (broad SMARTS) is 1. The maximum Gasteiger partial charge on any atom is 0.354 e. The average molecular weight is 280 g/mol. The van der Waals surface area contributed by atoms with Gasteiger partial charge in [-0.2, -0.15) is 0 Å². The summed E-state index contributed by atoms with van der Waals surface area (Å²) in [6.07, 6.45) is 0.267. The van der Waals surface area contributed by atoms with Crippen molar-refractivity contribution in [2.75, 3.05) is 11.4 Å². The van der Waals surface area contributed by atoms with Crippen molar-refractivity contribution in [3.63, 3.8) is 0 Å². The normalized spacial score (nSPS) is 18.7. The lowest BCUT2D eigenvalue weighted by molar-refractivity contribution is -0.117. The van der Waals surface area contributed by atoms with E-state index in [-0.39, 0.29) is 28.4 Å². The van der Waals surface area contributed by atoms with Gasteiger partial charge in [0.2, 0.25) is 5.91 Å². The Morgan fingerprint density at radius 3 is 2.84 bits per heavy atom. The molecule has 1 aliphatic heterocycles. The van der Waals surface area contributed by atoms with Crippen LogP contribution in [0.2, 0.25) is 0 Å². The van der Waals surface area contributed by atoms with Gasteiger partial charge in [-0.25, -0.2) is 9.78 Å². The summed E-state index contributed by atoms with van der Waals surface area (Å²) in [4.78, 5) is 39.1. The number of rotatable bonds is 3. The highest BCUT2D eigenvalue weighted by Gasteiger charge is 2.32. The molecule has 1 aromatic heterocycles. The molecule has 1 aromatic rings. The lowest BCUT2D eigenvalue weighted by Crippen LogP contribution is -2.26. The average Bonchev–Trinajstić information content (AvgIpc) is 2.69. The molecule has 7 heteroatoms. The minimum atomic E-state index is -1.14. The standard InChI is InChI=1S/C12H12N2O4S/c1-7(15)19-8-5-11(16)14(6-8)10-4-2-3-9(13-10)12(17)18/h2-4,8H,5-6H2,1H3,(H,17,18). The fourth-order valence-corrected chi connectivity index (χ4v) is 2.82. The van der Waals surface area contributed by atoms with Crippen LogP contribution in [0.25, 0.3) is 0 Å². The molecule has 100 valence electrons. The van der Waals surface area contributed by atoms with Crippen molar-refractivity contribution >= 4 is 34.6 Å². The molecule has 1 fully saturated rings. The molecule has 1 unspecified atom stereocenters. The Morgan fingerprint density at radius 1 is 1.47 bits per heavy atom. The number of thioether (sulfide) groups is 1. The van der Waals surface area contributed by atoms with Crippen molar-refractivity contribution in [2.24, 2.45) is 0 Å². The van der Waals surface area contributed by atoms with Crippen LogP contribution in [-0.2, 0) is 9.59 Å². The summed E-state index contributed by atoms with van der Waals surface area (Å²) in [6.45, 7) is 1.83. The Kier molecular flexibility index (Phi) is 3.84. The number of aromatic nitrogens is 1. The number of aromatic carboxylic acids is 1. The zero-order valence-electron chi connectivity index (χ0n) is 10.2. The van der Waals surface area contributed by atoms with Gasteiger partial charge in [-0.05, 0) is 12.1 Å². The third kappa shape index (κ3) is 3.11. The van der Waals surface area contributed by atoms with E-state index in [9.17, 15) is 14.4 Å². The van der Waals surface area contributed by atoms with Crippen molar-refractivity contribution in [3.8, 4) is 0 Å². The van der Waals surface area contributed by atoms with E-state index in [1.54, 1.807) is 12.1 Å². The second-order valence-electron chi connectivity index (χ2n) is 4.13. The molecule has 0 saturated carbocycles. The maximum absolute atomic E-state index is 11.9. The Bertz CT molecular complexity index is 546. The summed E-state index contributed by atoms with van der Waals surface area (Å²) in [5.74, 6) is -0.964. The van der Waals surface area contributed by atoms with Gasteiger partial charge in [-0.3, -0.25) is 14.5 Å². The summed E-state index contributed by atoms with van der Waals surface area (Å²) in [6, 6.07) is 4.50. The monoisotopic (exact) mass is 280 g/mol. The largest absolute Gasteiger partial charge is 0.477 e. The molecule has 1 saturated heterocycles. The summed E-state index contributed by atoms with van der Waals surface area (Å²) in [7, 11) is 0. The molecule has 1 atom stereocenters. The smallest absolute Gasteiger partial charge is 0.354 e. The molecule has 0 aliphatic carbocycles. The molecule has 0 spiro atoms. The molecule has 0 aromatic carbocycles. The van der Waals surface area contributed by atoms with E-state index < -0.39 is 5.97 Å². The van der Waals surface area contributed by atoms with Crippen LogP contribution in [0.1, 0.15) is 23.8 Å². The van der Waals surface area contributed by atoms with Crippen molar-refractivity contribution in [1.29, 1.82) is 0 Å². The van der Waals surface area contributed by atoms with Crippen LogP contribution in [0.5, 0.6) is 0 Å². The highest BCUT2D eigenvalue weighted by Crippen LogP contribution is 2.27. The first-order valence-corrected chi connectivity index (χ1v) is 6.53. The summed E-state index contributed by atoms with van der Waals surface area (Å²) >= 11 is 1.13. The molecule has 1 amide bonds. The predicted molar refractivity (Wildman–Crippen MR) is 70.2 cm³/mol. The van der Waals surface area contributed by atoms with Crippen molar-refractivity contribution in [1.82, 2.24) is 4.98 Å². The van der Waals surface area contributed by atoms with Gasteiger partial charge in [0.1, 0.15) is 5.82 Å². The Morgan fingerprint density at radius 2 is 2.21 bits per heavy atom. The molecule has 1 N–H and O–H groups in total. The number of hydrogen-bond donors (Lipinski definition) is 1. The van der Waals surface area contributed by atoms with Gasteiger partial charge in [-0.15, -0.1) is 0 Å². The first kappa shape index (κ1) is 13.5. The van der Waals surface area contributed by atoms with Crippen molar-refractivity contribution in [3.05, 3.63) is 23.9 Å². The lowest BCUT2D eigenvalue weighted by Gasteiger charge is -2.15. The SMILES string of the molecule is CC(=O)SC1CC(=O)N(c2cccc(C(=O)O)n2)C1. The molecule has 6 nitrogen and oxygen atoms in total. The van der Waals surface area contributed by atoms with E-state index in [4.69, 9.17) is 5.11 Å². The molecule has 0 radical (unpaired) electrons. The molecule has 2 rings (SSSR count). The van der Waals surface area contributed by atoms with E-state index in [0.29, 0.717) is 12.4 Å². The number of pyridine rings is 1. The molecule has 2 heterocycles. The van der Waals surface area contributed by atoms with Gasteiger partial charge in [0, 0.05) is 25.1 Å². The first-order valence-electron chi connectivity index (χ1n) is 5.65. The topological polar surface area (TPSA) is 87.6 Å². The highest BCUT2D eigenvalue weighted by molar-refractivity contribution is 8.14. The Hall–Kier alpha value is -1.89. The second kappa shape index (κ2) is 5.40. The molecule has 1 aliphatic rings. The van der Waals surface area contributed by atoms with E-state index in [1.165, 1.54) is 17.9 Å². The van der Waals surface area contributed by atoms with E-state index in [1.807, 2.05) is 0 Å². The highest BCUT2D eigenvalue weighted by atomic mass is 32.2. The zero-order chi connectivity index (χ0) is 14.0. The number of carbonyl (C=O) groups is 3. The van der Waals surface area contributed by atoms with E-state index >= 15 is 0 Å².